The second-order valence-corrected chi connectivity index (χ2v) is 4.94. The van der Waals surface area contributed by atoms with Gasteiger partial charge >= 0.3 is 0 Å². The molecule has 1 atom stereocenters. The van der Waals surface area contributed by atoms with Crippen molar-refractivity contribution in [2.75, 3.05) is 0 Å². The third-order valence-corrected chi connectivity index (χ3v) is 3.11. The molecule has 0 aliphatic carbocycles. The van der Waals surface area contributed by atoms with Crippen molar-refractivity contribution in [1.82, 2.24) is 5.16 Å². The lowest BCUT2D eigenvalue weighted by Gasteiger charge is -2.03. The molecule has 1 heterocycles. The Balaban J connectivity index is 2.23. The molecule has 0 saturated heterocycles. The molecule has 90 valence electrons. The first-order valence-electron chi connectivity index (χ1n) is 5.69. The minimum atomic E-state index is -0.0617. The largest absolute Gasteiger partial charge is 0.359 e. The van der Waals surface area contributed by atoms with Gasteiger partial charge in [-0.25, -0.2) is 0 Å². The molecule has 0 fully saturated rings. The Bertz CT molecular complexity index is 496. The molecule has 2 aromatic rings. The lowest BCUT2D eigenvalue weighted by molar-refractivity contribution is 0.356. The lowest BCUT2D eigenvalue weighted by Crippen LogP contribution is -2.08. The number of hydrogen-bond donors (Lipinski definition) is 1. The second kappa shape index (κ2) is 5.47. The zero-order valence-electron chi connectivity index (χ0n) is 9.69. The molecule has 3 nitrogen and oxygen atoms in total. The van der Waals surface area contributed by atoms with E-state index in [1.54, 1.807) is 0 Å². The molecule has 2 N–H and O–H groups in total. The number of hydrogen-bond acceptors (Lipinski definition) is 3. The van der Waals surface area contributed by atoms with Crippen molar-refractivity contribution in [2.24, 2.45) is 5.73 Å². The monoisotopic (exact) mass is 294 g/mol. The Morgan fingerprint density at radius 2 is 2.24 bits per heavy atom. The SMILES string of the molecule is CCCC(N)c1cc(-c2cccc(Br)c2)no1. The zero-order chi connectivity index (χ0) is 12.3. The highest BCUT2D eigenvalue weighted by Gasteiger charge is 2.12. The fraction of sp³-hybridized carbons (Fsp3) is 0.308. The van der Waals surface area contributed by atoms with Gasteiger partial charge in [-0.2, -0.15) is 0 Å². The van der Waals surface area contributed by atoms with Crippen molar-refractivity contribution in [2.45, 2.75) is 25.8 Å². The van der Waals surface area contributed by atoms with Crippen LogP contribution in [0.3, 0.4) is 0 Å². The van der Waals surface area contributed by atoms with Gasteiger partial charge in [0.15, 0.2) is 5.76 Å². The normalized spacial score (nSPS) is 12.6. The number of benzene rings is 1. The number of halogens is 1. The molecule has 1 aromatic heterocycles. The molecule has 0 amide bonds. The van der Waals surface area contributed by atoms with Gasteiger partial charge in [0, 0.05) is 16.1 Å². The van der Waals surface area contributed by atoms with Crippen LogP contribution in [0, 0.1) is 0 Å². The number of nitrogens with two attached hydrogens (primary N) is 1. The molecule has 0 bridgehead atoms. The van der Waals surface area contributed by atoms with Crippen LogP contribution in [0.1, 0.15) is 31.6 Å². The van der Waals surface area contributed by atoms with Crippen LogP contribution in [-0.2, 0) is 0 Å². The Morgan fingerprint density at radius 1 is 1.41 bits per heavy atom. The third kappa shape index (κ3) is 2.96. The van der Waals surface area contributed by atoms with Crippen LogP contribution in [0.25, 0.3) is 11.3 Å². The third-order valence-electron chi connectivity index (χ3n) is 2.61. The van der Waals surface area contributed by atoms with Crippen LogP contribution in [0.15, 0.2) is 39.3 Å². The van der Waals surface area contributed by atoms with Crippen LogP contribution in [0.5, 0.6) is 0 Å². The second-order valence-electron chi connectivity index (χ2n) is 4.02. The van der Waals surface area contributed by atoms with Crippen molar-refractivity contribution >= 4 is 15.9 Å². The first-order valence-corrected chi connectivity index (χ1v) is 6.48. The van der Waals surface area contributed by atoms with Gasteiger partial charge in [-0.3, -0.25) is 0 Å². The Hall–Kier alpha value is -1.13. The summed E-state index contributed by atoms with van der Waals surface area (Å²) < 4.78 is 6.31. The van der Waals surface area contributed by atoms with Crippen molar-refractivity contribution in [3.05, 3.63) is 40.6 Å². The first-order chi connectivity index (χ1) is 8.20. The molecule has 0 spiro atoms. The Kier molecular flexibility index (Phi) is 3.97. The molecular formula is C13H15BrN2O. The molecule has 0 saturated carbocycles. The van der Waals surface area contributed by atoms with Crippen LogP contribution < -0.4 is 5.73 Å². The number of aromatic nitrogens is 1. The summed E-state index contributed by atoms with van der Waals surface area (Å²) in [4.78, 5) is 0. The minimum Gasteiger partial charge on any atom is -0.359 e. The lowest BCUT2D eigenvalue weighted by atomic mass is 10.1. The summed E-state index contributed by atoms with van der Waals surface area (Å²) in [5, 5.41) is 4.06. The van der Waals surface area contributed by atoms with Crippen LogP contribution in [0.2, 0.25) is 0 Å². The van der Waals surface area contributed by atoms with Gasteiger partial charge in [-0.1, -0.05) is 46.6 Å². The van der Waals surface area contributed by atoms with Crippen LogP contribution >= 0.6 is 15.9 Å². The summed E-state index contributed by atoms with van der Waals surface area (Å²) in [7, 11) is 0. The molecule has 0 radical (unpaired) electrons. The zero-order valence-corrected chi connectivity index (χ0v) is 11.3. The van der Waals surface area contributed by atoms with Crippen molar-refractivity contribution in [3.63, 3.8) is 0 Å². The predicted molar refractivity (Wildman–Crippen MR) is 71.5 cm³/mol. The molecule has 2 rings (SSSR count). The molecular weight excluding hydrogens is 280 g/mol. The summed E-state index contributed by atoms with van der Waals surface area (Å²) in [5.41, 5.74) is 7.84. The summed E-state index contributed by atoms with van der Waals surface area (Å²) in [5.74, 6) is 0.752. The molecule has 0 aliphatic heterocycles. The van der Waals surface area contributed by atoms with Gasteiger partial charge < -0.3 is 10.3 Å². The van der Waals surface area contributed by atoms with E-state index in [-0.39, 0.29) is 6.04 Å². The highest BCUT2D eigenvalue weighted by molar-refractivity contribution is 9.10. The predicted octanol–water partition coefficient (Wildman–Crippen LogP) is 3.90. The first kappa shape index (κ1) is 12.3. The van der Waals surface area contributed by atoms with E-state index in [1.807, 2.05) is 30.3 Å². The van der Waals surface area contributed by atoms with Gasteiger partial charge in [0.2, 0.25) is 0 Å². The number of nitrogens with zero attached hydrogens (tertiary/aromatic N) is 1. The Morgan fingerprint density at radius 3 is 2.94 bits per heavy atom. The molecule has 1 unspecified atom stereocenters. The van der Waals surface area contributed by atoms with Crippen molar-refractivity contribution in [3.8, 4) is 11.3 Å². The van der Waals surface area contributed by atoms with Crippen molar-refractivity contribution < 1.29 is 4.52 Å². The quantitative estimate of drug-likeness (QED) is 0.930. The van der Waals surface area contributed by atoms with Gasteiger partial charge in [-0.05, 0) is 18.6 Å². The van der Waals surface area contributed by atoms with Gasteiger partial charge in [-0.15, -0.1) is 0 Å². The average molecular weight is 295 g/mol. The summed E-state index contributed by atoms with van der Waals surface area (Å²) >= 11 is 3.44. The van der Waals surface area contributed by atoms with E-state index >= 15 is 0 Å². The number of rotatable bonds is 4. The summed E-state index contributed by atoms with van der Waals surface area (Å²) in [6, 6.07) is 9.81. The van der Waals surface area contributed by atoms with E-state index in [0.29, 0.717) is 0 Å². The van der Waals surface area contributed by atoms with Crippen LogP contribution in [0.4, 0.5) is 0 Å². The van der Waals surface area contributed by atoms with Gasteiger partial charge in [0.05, 0.1) is 6.04 Å². The Labute approximate surface area is 109 Å². The van der Waals surface area contributed by atoms with E-state index < -0.39 is 0 Å². The maximum absolute atomic E-state index is 5.98. The highest BCUT2D eigenvalue weighted by Crippen LogP contribution is 2.25. The van der Waals surface area contributed by atoms with Gasteiger partial charge in [0.1, 0.15) is 5.69 Å². The standard InChI is InChI=1S/C13H15BrN2O/c1-2-4-11(15)13-8-12(16-17-13)9-5-3-6-10(14)7-9/h3,5-8,11H,2,4,15H2,1H3. The fourth-order valence-electron chi connectivity index (χ4n) is 1.70. The average Bonchev–Trinajstić information content (AvgIpc) is 2.78. The maximum Gasteiger partial charge on any atom is 0.154 e. The topological polar surface area (TPSA) is 52.0 Å². The highest BCUT2D eigenvalue weighted by atomic mass is 79.9. The molecule has 17 heavy (non-hydrogen) atoms. The van der Waals surface area contributed by atoms with Gasteiger partial charge in [0.25, 0.3) is 0 Å². The van der Waals surface area contributed by atoms with E-state index in [1.165, 1.54) is 0 Å². The summed E-state index contributed by atoms with van der Waals surface area (Å²) in [6.45, 7) is 2.10. The molecule has 0 aliphatic rings. The maximum atomic E-state index is 5.98. The van der Waals surface area contributed by atoms with E-state index in [2.05, 4.69) is 28.0 Å². The summed E-state index contributed by atoms with van der Waals surface area (Å²) in [6.07, 6.45) is 1.95. The molecule has 1 aromatic carbocycles. The smallest absolute Gasteiger partial charge is 0.154 e. The van der Waals surface area contributed by atoms with E-state index in [9.17, 15) is 0 Å². The minimum absolute atomic E-state index is 0.0617. The van der Waals surface area contributed by atoms with Crippen molar-refractivity contribution in [1.29, 1.82) is 0 Å². The van der Waals surface area contributed by atoms with Crippen LogP contribution in [-0.4, -0.2) is 5.16 Å². The van der Waals surface area contributed by atoms with E-state index in [4.69, 9.17) is 10.3 Å². The molecule has 4 heteroatoms. The fourth-order valence-corrected chi connectivity index (χ4v) is 2.10. The van der Waals surface area contributed by atoms with E-state index in [0.717, 1.165) is 34.3 Å².